The average Bonchev–Trinajstić information content (AvgIpc) is 2.91. The summed E-state index contributed by atoms with van der Waals surface area (Å²) in [5, 5.41) is 28.3. The smallest absolute Gasteiger partial charge is 0.146 e. The van der Waals surface area contributed by atoms with Crippen LogP contribution in [0.3, 0.4) is 0 Å². The molecule has 0 saturated carbocycles. The second-order valence-electron chi connectivity index (χ2n) is 6.22. The Hall–Kier alpha value is -2.46. The van der Waals surface area contributed by atoms with Crippen molar-refractivity contribution < 1.29 is 5.11 Å². The van der Waals surface area contributed by atoms with E-state index in [1.54, 1.807) is 12.5 Å². The van der Waals surface area contributed by atoms with Crippen LogP contribution in [0.15, 0.2) is 18.6 Å². The molecular formula is C16H20N6O. The van der Waals surface area contributed by atoms with Crippen molar-refractivity contribution in [3.8, 4) is 6.07 Å². The molecule has 0 spiro atoms. The molecule has 1 unspecified atom stereocenters. The van der Waals surface area contributed by atoms with Gasteiger partial charge in [0.15, 0.2) is 0 Å². The highest BCUT2D eigenvalue weighted by Gasteiger charge is 2.36. The van der Waals surface area contributed by atoms with Gasteiger partial charge in [-0.1, -0.05) is 0 Å². The minimum atomic E-state index is -0.892. The fraction of sp³-hybridized carbons (Fsp3) is 0.500. The van der Waals surface area contributed by atoms with Crippen LogP contribution in [0.1, 0.15) is 29.8 Å². The number of hydrogen-bond donors (Lipinski definition) is 1. The van der Waals surface area contributed by atoms with Gasteiger partial charge in [0.25, 0.3) is 0 Å². The van der Waals surface area contributed by atoms with Crippen molar-refractivity contribution in [3.05, 3.63) is 35.5 Å². The van der Waals surface area contributed by atoms with Gasteiger partial charge in [0.05, 0.1) is 11.2 Å². The quantitative estimate of drug-likeness (QED) is 0.908. The predicted molar refractivity (Wildman–Crippen MR) is 84.8 cm³/mol. The first kappa shape index (κ1) is 15.4. The molecule has 0 bridgehead atoms. The molecule has 1 atom stereocenters. The molecule has 0 aliphatic carbocycles. The van der Waals surface area contributed by atoms with E-state index in [1.165, 1.54) is 0 Å². The maximum absolute atomic E-state index is 11.0. The number of nitrogens with zero attached hydrogens (tertiary/aromatic N) is 6. The first-order valence-corrected chi connectivity index (χ1v) is 7.68. The Bertz CT molecular complexity index is 749. The SMILES string of the molecule is Cc1ccnc(N2CCCC(O)(Cc3nncn3C)C2)c1C#N. The number of aliphatic hydroxyl groups is 1. The lowest BCUT2D eigenvalue weighted by atomic mass is 9.89. The fourth-order valence-electron chi connectivity index (χ4n) is 3.12. The number of hydrogen-bond acceptors (Lipinski definition) is 6. The molecule has 3 heterocycles. The van der Waals surface area contributed by atoms with Gasteiger partial charge < -0.3 is 14.6 Å². The van der Waals surface area contributed by atoms with Gasteiger partial charge in [0.1, 0.15) is 24.0 Å². The van der Waals surface area contributed by atoms with Crippen molar-refractivity contribution in [2.24, 2.45) is 7.05 Å². The summed E-state index contributed by atoms with van der Waals surface area (Å²) < 4.78 is 1.82. The number of aromatic nitrogens is 4. The zero-order chi connectivity index (χ0) is 16.4. The molecule has 1 aliphatic rings. The minimum absolute atomic E-state index is 0.436. The number of pyridine rings is 1. The van der Waals surface area contributed by atoms with Gasteiger partial charge >= 0.3 is 0 Å². The number of piperidine rings is 1. The summed E-state index contributed by atoms with van der Waals surface area (Å²) in [5.74, 6) is 1.41. The van der Waals surface area contributed by atoms with Crippen LogP contribution in [0, 0.1) is 18.3 Å². The summed E-state index contributed by atoms with van der Waals surface area (Å²) in [6.07, 6.45) is 5.32. The number of anilines is 1. The monoisotopic (exact) mass is 312 g/mol. The summed E-state index contributed by atoms with van der Waals surface area (Å²) in [4.78, 5) is 6.38. The van der Waals surface area contributed by atoms with E-state index in [2.05, 4.69) is 21.3 Å². The molecule has 1 saturated heterocycles. The number of nitriles is 1. The highest BCUT2D eigenvalue weighted by atomic mass is 16.3. The average molecular weight is 312 g/mol. The maximum atomic E-state index is 11.0. The maximum Gasteiger partial charge on any atom is 0.146 e. The van der Waals surface area contributed by atoms with Gasteiger partial charge in [-0.3, -0.25) is 0 Å². The summed E-state index contributed by atoms with van der Waals surface area (Å²) in [5.41, 5.74) is 0.590. The van der Waals surface area contributed by atoms with Crippen LogP contribution in [0.2, 0.25) is 0 Å². The third-order valence-electron chi connectivity index (χ3n) is 4.40. The Morgan fingerprint density at radius 2 is 2.30 bits per heavy atom. The summed E-state index contributed by atoms with van der Waals surface area (Å²) >= 11 is 0. The Morgan fingerprint density at radius 3 is 3.00 bits per heavy atom. The Morgan fingerprint density at radius 1 is 1.48 bits per heavy atom. The highest BCUT2D eigenvalue weighted by molar-refractivity contribution is 5.57. The molecule has 120 valence electrons. The number of β-amino-alcohol motifs (C(OH)–C–C–N with tert-alkyl or cyclic N) is 1. The normalized spacial score (nSPS) is 21.2. The summed E-state index contributed by atoms with van der Waals surface area (Å²) in [6, 6.07) is 4.06. The largest absolute Gasteiger partial charge is 0.388 e. The third kappa shape index (κ3) is 3.03. The predicted octanol–water partition coefficient (Wildman–Crippen LogP) is 0.964. The molecule has 0 amide bonds. The lowest BCUT2D eigenvalue weighted by molar-refractivity contribution is 0.0236. The first-order valence-electron chi connectivity index (χ1n) is 7.68. The molecule has 0 aromatic carbocycles. The van der Waals surface area contributed by atoms with Crippen LogP contribution in [0.4, 0.5) is 5.82 Å². The second-order valence-corrected chi connectivity index (χ2v) is 6.22. The Kier molecular flexibility index (Phi) is 4.01. The van der Waals surface area contributed by atoms with Gasteiger partial charge in [0, 0.05) is 32.8 Å². The molecule has 0 radical (unpaired) electrons. The van der Waals surface area contributed by atoms with E-state index in [-0.39, 0.29) is 0 Å². The van der Waals surface area contributed by atoms with Crippen molar-refractivity contribution in [1.29, 1.82) is 5.26 Å². The van der Waals surface area contributed by atoms with Crippen LogP contribution >= 0.6 is 0 Å². The molecule has 1 fully saturated rings. The molecule has 7 nitrogen and oxygen atoms in total. The van der Waals surface area contributed by atoms with E-state index >= 15 is 0 Å². The van der Waals surface area contributed by atoms with Crippen molar-refractivity contribution in [2.75, 3.05) is 18.0 Å². The highest BCUT2D eigenvalue weighted by Crippen LogP contribution is 2.29. The molecule has 1 N–H and O–H groups in total. The topological polar surface area (TPSA) is 90.9 Å². The van der Waals surface area contributed by atoms with Crippen LogP contribution in [0.25, 0.3) is 0 Å². The van der Waals surface area contributed by atoms with E-state index in [0.717, 1.165) is 24.4 Å². The minimum Gasteiger partial charge on any atom is -0.388 e. The zero-order valence-electron chi connectivity index (χ0n) is 13.4. The van der Waals surface area contributed by atoms with E-state index in [1.807, 2.05) is 29.5 Å². The van der Waals surface area contributed by atoms with E-state index < -0.39 is 5.60 Å². The third-order valence-corrected chi connectivity index (χ3v) is 4.40. The fourth-order valence-corrected chi connectivity index (χ4v) is 3.12. The zero-order valence-corrected chi connectivity index (χ0v) is 13.4. The molecule has 1 aliphatic heterocycles. The molecule has 3 rings (SSSR count). The first-order chi connectivity index (χ1) is 11.0. The van der Waals surface area contributed by atoms with Crippen molar-refractivity contribution >= 4 is 5.82 Å². The van der Waals surface area contributed by atoms with Crippen LogP contribution in [-0.4, -0.2) is 43.5 Å². The van der Waals surface area contributed by atoms with Crippen molar-refractivity contribution in [1.82, 2.24) is 19.7 Å². The lowest BCUT2D eigenvalue weighted by Crippen LogP contribution is -2.50. The van der Waals surface area contributed by atoms with Gasteiger partial charge in [0.2, 0.25) is 0 Å². The molecule has 2 aromatic rings. The molecule has 2 aromatic heterocycles. The van der Waals surface area contributed by atoms with Crippen LogP contribution < -0.4 is 4.90 Å². The van der Waals surface area contributed by atoms with Crippen molar-refractivity contribution in [3.63, 3.8) is 0 Å². The molecule has 23 heavy (non-hydrogen) atoms. The van der Waals surface area contributed by atoms with E-state index in [9.17, 15) is 10.4 Å². The van der Waals surface area contributed by atoms with Gasteiger partial charge in [-0.15, -0.1) is 10.2 Å². The van der Waals surface area contributed by atoms with E-state index in [0.29, 0.717) is 30.8 Å². The van der Waals surface area contributed by atoms with E-state index in [4.69, 9.17) is 0 Å². The number of rotatable bonds is 3. The van der Waals surface area contributed by atoms with Crippen LogP contribution in [0.5, 0.6) is 0 Å². The molecular weight excluding hydrogens is 292 g/mol. The lowest BCUT2D eigenvalue weighted by Gasteiger charge is -2.40. The molecule has 7 heteroatoms. The summed E-state index contributed by atoms with van der Waals surface area (Å²) in [6.45, 7) is 3.12. The van der Waals surface area contributed by atoms with Crippen LogP contribution in [-0.2, 0) is 13.5 Å². The van der Waals surface area contributed by atoms with Crippen molar-refractivity contribution in [2.45, 2.75) is 31.8 Å². The van der Waals surface area contributed by atoms with Gasteiger partial charge in [-0.25, -0.2) is 4.98 Å². The Labute approximate surface area is 135 Å². The number of aryl methyl sites for hydroxylation is 2. The van der Waals surface area contributed by atoms with Gasteiger partial charge in [-0.05, 0) is 31.4 Å². The second kappa shape index (κ2) is 5.97. The summed E-state index contributed by atoms with van der Waals surface area (Å²) in [7, 11) is 1.87. The standard InChI is InChI=1S/C16H20N6O/c1-12-4-6-18-15(13(12)9-17)22-7-3-5-16(23,10-22)8-14-20-19-11-21(14)2/h4,6,11,23H,3,5,7-8,10H2,1-2H3. The Balaban J connectivity index is 1.85. The van der Waals surface area contributed by atoms with Gasteiger partial charge in [-0.2, -0.15) is 5.26 Å².